The van der Waals surface area contributed by atoms with Crippen molar-refractivity contribution in [1.29, 1.82) is 0 Å². The summed E-state index contributed by atoms with van der Waals surface area (Å²) in [4.78, 5) is 14.7. The number of thioether (sulfide) groups is 1. The van der Waals surface area contributed by atoms with Crippen LogP contribution in [0.2, 0.25) is 0 Å². The van der Waals surface area contributed by atoms with Gasteiger partial charge in [-0.25, -0.2) is 0 Å². The molecule has 2 heterocycles. The molecule has 1 aliphatic rings. The van der Waals surface area contributed by atoms with E-state index in [9.17, 15) is 4.79 Å². The lowest BCUT2D eigenvalue weighted by molar-refractivity contribution is -0.119. The van der Waals surface area contributed by atoms with Crippen LogP contribution in [0.4, 0.5) is 0 Å². The summed E-state index contributed by atoms with van der Waals surface area (Å²) in [6, 6.07) is 6.15. The van der Waals surface area contributed by atoms with Gasteiger partial charge in [-0.1, -0.05) is 17.8 Å². The first kappa shape index (κ1) is 20.8. The Bertz CT molecular complexity index is 796. The minimum Gasteiger partial charge on any atom is -0.379 e. The lowest BCUT2D eigenvalue weighted by Gasteiger charge is -2.40. The van der Waals surface area contributed by atoms with Crippen LogP contribution < -0.4 is 5.32 Å². The number of carbonyl (C=O) groups excluding carboxylic acids is 1. The summed E-state index contributed by atoms with van der Waals surface area (Å²) >= 11 is 1.34. The Morgan fingerprint density at radius 2 is 1.89 bits per heavy atom. The Morgan fingerprint density at radius 3 is 2.57 bits per heavy atom. The molecule has 0 aliphatic carbocycles. The number of nitrogens with zero attached hydrogens (tertiary/aromatic N) is 5. The topological polar surface area (TPSA) is 85.2 Å². The third kappa shape index (κ3) is 5.30. The maximum Gasteiger partial charge on any atom is 0.230 e. The van der Waals surface area contributed by atoms with E-state index in [-0.39, 0.29) is 17.2 Å². The summed E-state index contributed by atoms with van der Waals surface area (Å²) in [5, 5.41) is 15.6. The molecule has 3 rings (SSSR count). The first-order chi connectivity index (χ1) is 13.3. The fourth-order valence-corrected chi connectivity index (χ4v) is 4.00. The maximum absolute atomic E-state index is 12.4. The highest BCUT2D eigenvalue weighted by atomic mass is 32.2. The average molecular weight is 405 g/mol. The van der Waals surface area contributed by atoms with Crippen LogP contribution in [0.1, 0.15) is 25.0 Å². The van der Waals surface area contributed by atoms with Gasteiger partial charge >= 0.3 is 0 Å². The van der Waals surface area contributed by atoms with Crippen molar-refractivity contribution >= 4 is 17.7 Å². The number of benzene rings is 1. The van der Waals surface area contributed by atoms with Gasteiger partial charge in [0.2, 0.25) is 11.1 Å². The highest BCUT2D eigenvalue weighted by Crippen LogP contribution is 2.20. The molecule has 1 amide bonds. The Labute approximate surface area is 170 Å². The van der Waals surface area contributed by atoms with E-state index in [4.69, 9.17) is 4.74 Å². The minimum atomic E-state index is -0.106. The third-order valence-corrected chi connectivity index (χ3v) is 5.73. The highest BCUT2D eigenvalue weighted by molar-refractivity contribution is 7.99. The van der Waals surface area contributed by atoms with Gasteiger partial charge in [-0.2, -0.15) is 4.68 Å². The number of aryl methyl sites for hydroxylation is 2. The lowest BCUT2D eigenvalue weighted by Crippen LogP contribution is -2.55. The number of aromatic nitrogens is 4. The lowest BCUT2D eigenvalue weighted by atomic mass is 10.0. The molecular weight excluding hydrogens is 376 g/mol. The first-order valence-electron chi connectivity index (χ1n) is 9.44. The van der Waals surface area contributed by atoms with E-state index in [0.29, 0.717) is 11.7 Å². The summed E-state index contributed by atoms with van der Waals surface area (Å²) in [6.07, 6.45) is 0. The number of rotatable bonds is 7. The molecule has 1 aromatic heterocycles. The summed E-state index contributed by atoms with van der Waals surface area (Å²) in [5.41, 5.74) is 3.08. The summed E-state index contributed by atoms with van der Waals surface area (Å²) in [6.45, 7) is 12.2. The largest absolute Gasteiger partial charge is 0.379 e. The molecule has 0 radical (unpaired) electrons. The second kappa shape index (κ2) is 9.02. The van der Waals surface area contributed by atoms with Gasteiger partial charge in [0.05, 0.1) is 24.7 Å². The van der Waals surface area contributed by atoms with Gasteiger partial charge in [-0.15, -0.1) is 5.10 Å². The fraction of sp³-hybridized carbons (Fsp3) is 0.579. The van der Waals surface area contributed by atoms with E-state index in [1.807, 2.05) is 26.0 Å². The maximum atomic E-state index is 12.4. The standard InChI is InChI=1S/C19H28N6O2S/c1-14-9-15(2)11-16(10-14)25-18(21-22-23-25)28-12-17(26)20-13-19(3,4)24-5-7-27-8-6-24/h9-11H,5-8,12-13H2,1-4H3,(H,20,26). The van der Waals surface area contributed by atoms with Crippen LogP contribution in [0.5, 0.6) is 0 Å². The quantitative estimate of drug-likeness (QED) is 0.702. The van der Waals surface area contributed by atoms with E-state index in [2.05, 4.69) is 45.7 Å². The number of amides is 1. The predicted molar refractivity (Wildman–Crippen MR) is 109 cm³/mol. The van der Waals surface area contributed by atoms with Crippen LogP contribution in [0.15, 0.2) is 23.4 Å². The Kier molecular flexibility index (Phi) is 6.69. The highest BCUT2D eigenvalue weighted by Gasteiger charge is 2.28. The van der Waals surface area contributed by atoms with E-state index >= 15 is 0 Å². The summed E-state index contributed by atoms with van der Waals surface area (Å²) in [5.74, 6) is 0.242. The van der Waals surface area contributed by atoms with Crippen molar-refractivity contribution in [3.63, 3.8) is 0 Å². The fourth-order valence-electron chi connectivity index (χ4n) is 3.28. The number of carbonyl (C=O) groups is 1. The van der Waals surface area contributed by atoms with Crippen molar-refractivity contribution < 1.29 is 9.53 Å². The van der Waals surface area contributed by atoms with Gasteiger partial charge in [0.1, 0.15) is 0 Å². The summed E-state index contributed by atoms with van der Waals surface area (Å²) in [7, 11) is 0. The number of hydrogen-bond donors (Lipinski definition) is 1. The van der Waals surface area contributed by atoms with Crippen molar-refractivity contribution in [1.82, 2.24) is 30.4 Å². The van der Waals surface area contributed by atoms with Gasteiger partial charge in [-0.05, 0) is 61.4 Å². The SMILES string of the molecule is Cc1cc(C)cc(-n2nnnc2SCC(=O)NCC(C)(C)N2CCOCC2)c1. The van der Waals surface area contributed by atoms with Gasteiger partial charge < -0.3 is 10.1 Å². The molecule has 1 aromatic carbocycles. The van der Waals surface area contributed by atoms with E-state index < -0.39 is 0 Å². The number of hydrogen-bond acceptors (Lipinski definition) is 7. The van der Waals surface area contributed by atoms with Crippen molar-refractivity contribution in [2.45, 2.75) is 38.4 Å². The molecule has 1 fully saturated rings. The van der Waals surface area contributed by atoms with Gasteiger partial charge in [0.25, 0.3) is 0 Å². The van der Waals surface area contributed by atoms with Crippen LogP contribution in [0.25, 0.3) is 5.69 Å². The molecule has 1 N–H and O–H groups in total. The zero-order valence-electron chi connectivity index (χ0n) is 16.9. The Hall–Kier alpha value is -1.97. The van der Waals surface area contributed by atoms with Gasteiger partial charge in [0.15, 0.2) is 0 Å². The van der Waals surface area contributed by atoms with Crippen LogP contribution in [-0.2, 0) is 9.53 Å². The molecule has 9 heteroatoms. The summed E-state index contributed by atoms with van der Waals surface area (Å²) < 4.78 is 7.09. The van der Waals surface area contributed by atoms with Gasteiger partial charge in [0, 0.05) is 25.2 Å². The molecule has 0 bridgehead atoms. The molecule has 28 heavy (non-hydrogen) atoms. The molecule has 0 unspecified atom stereocenters. The average Bonchev–Trinajstić information content (AvgIpc) is 3.13. The molecule has 1 aliphatic heterocycles. The third-order valence-electron chi connectivity index (χ3n) is 4.81. The number of nitrogens with one attached hydrogen (secondary N) is 1. The molecular formula is C19H28N6O2S. The molecule has 152 valence electrons. The van der Waals surface area contributed by atoms with Crippen molar-refractivity contribution in [2.75, 3.05) is 38.6 Å². The zero-order chi connectivity index (χ0) is 20.1. The number of ether oxygens (including phenoxy) is 1. The first-order valence-corrected chi connectivity index (χ1v) is 10.4. The minimum absolute atomic E-state index is 0.0266. The molecule has 0 atom stereocenters. The second-order valence-electron chi connectivity index (χ2n) is 7.70. The molecule has 0 saturated carbocycles. The number of tetrazole rings is 1. The number of morpholine rings is 1. The Balaban J connectivity index is 1.55. The van der Waals surface area contributed by atoms with Crippen molar-refractivity contribution in [3.05, 3.63) is 29.3 Å². The van der Waals surface area contributed by atoms with Crippen LogP contribution in [-0.4, -0.2) is 75.2 Å². The van der Waals surface area contributed by atoms with Crippen LogP contribution in [0, 0.1) is 13.8 Å². The van der Waals surface area contributed by atoms with Crippen molar-refractivity contribution in [2.24, 2.45) is 0 Å². The van der Waals surface area contributed by atoms with E-state index in [0.717, 1.165) is 43.1 Å². The molecule has 2 aromatic rings. The molecule has 0 spiro atoms. The zero-order valence-corrected chi connectivity index (χ0v) is 17.8. The van der Waals surface area contributed by atoms with Crippen LogP contribution >= 0.6 is 11.8 Å². The Morgan fingerprint density at radius 1 is 1.21 bits per heavy atom. The second-order valence-corrected chi connectivity index (χ2v) is 8.64. The molecule has 8 nitrogen and oxygen atoms in total. The smallest absolute Gasteiger partial charge is 0.230 e. The van der Waals surface area contributed by atoms with E-state index in [1.165, 1.54) is 11.8 Å². The molecule has 1 saturated heterocycles. The van der Waals surface area contributed by atoms with Gasteiger partial charge in [-0.3, -0.25) is 9.69 Å². The van der Waals surface area contributed by atoms with Crippen molar-refractivity contribution in [3.8, 4) is 5.69 Å². The normalized spacial score (nSPS) is 15.6. The predicted octanol–water partition coefficient (Wildman–Crippen LogP) is 1.60. The van der Waals surface area contributed by atoms with Crippen LogP contribution in [0.3, 0.4) is 0 Å². The monoisotopic (exact) mass is 404 g/mol. The van der Waals surface area contributed by atoms with E-state index in [1.54, 1.807) is 4.68 Å².